The lowest BCUT2D eigenvalue weighted by Gasteiger charge is -2.12. The number of carbonyl (C=O) groups is 2. The van der Waals surface area contributed by atoms with Gasteiger partial charge in [-0.2, -0.15) is 8.78 Å². The van der Waals surface area contributed by atoms with E-state index >= 15 is 0 Å². The smallest absolute Gasteiger partial charge is 0.294 e. The van der Waals surface area contributed by atoms with E-state index in [2.05, 4.69) is 0 Å². The summed E-state index contributed by atoms with van der Waals surface area (Å²) in [6.07, 6.45) is -5.34. The fourth-order valence-electron chi connectivity index (χ4n) is 1.23. The van der Waals surface area contributed by atoms with Crippen molar-refractivity contribution in [2.75, 3.05) is 0 Å². The first-order valence-corrected chi connectivity index (χ1v) is 5.04. The maximum absolute atomic E-state index is 12.6. The first-order valence-electron chi connectivity index (χ1n) is 5.04. The van der Waals surface area contributed by atoms with E-state index in [0.29, 0.717) is 0 Å². The molecule has 6 heteroatoms. The van der Waals surface area contributed by atoms with E-state index in [0.717, 1.165) is 5.56 Å². The maximum Gasteiger partial charge on any atom is 0.364 e. The molecule has 0 unspecified atom stereocenters. The summed E-state index contributed by atoms with van der Waals surface area (Å²) in [5.74, 6) is -7.75. The summed E-state index contributed by atoms with van der Waals surface area (Å²) in [5, 5.41) is 0. The summed E-state index contributed by atoms with van der Waals surface area (Å²) < 4.78 is 49.0. The van der Waals surface area contributed by atoms with Gasteiger partial charge in [0.15, 0.2) is 5.78 Å². The molecule has 1 aromatic carbocycles. The lowest BCUT2D eigenvalue weighted by Crippen LogP contribution is -2.37. The Hall–Kier alpha value is -1.72. The molecule has 0 aromatic heterocycles. The Labute approximate surface area is 101 Å². The SMILES string of the molecule is Cc1ccc(C(=O)CC(=O)C(F)(F)C(F)F)cc1. The van der Waals surface area contributed by atoms with Crippen LogP contribution in [0.5, 0.6) is 0 Å². The predicted molar refractivity (Wildman–Crippen MR) is 56.1 cm³/mol. The van der Waals surface area contributed by atoms with Crippen LogP contribution in [-0.4, -0.2) is 23.9 Å². The van der Waals surface area contributed by atoms with E-state index in [1.165, 1.54) is 12.1 Å². The quantitative estimate of drug-likeness (QED) is 0.464. The number of hydrogen-bond acceptors (Lipinski definition) is 2. The van der Waals surface area contributed by atoms with Gasteiger partial charge in [0.2, 0.25) is 5.78 Å². The normalized spacial score (nSPS) is 11.7. The number of benzene rings is 1. The minimum absolute atomic E-state index is 0.0408. The molecule has 2 nitrogen and oxygen atoms in total. The van der Waals surface area contributed by atoms with Crippen LogP contribution in [0.3, 0.4) is 0 Å². The minimum Gasteiger partial charge on any atom is -0.294 e. The van der Waals surface area contributed by atoms with Crippen LogP contribution in [0.2, 0.25) is 0 Å². The van der Waals surface area contributed by atoms with Gasteiger partial charge in [0.25, 0.3) is 0 Å². The zero-order chi connectivity index (χ0) is 13.9. The van der Waals surface area contributed by atoms with Gasteiger partial charge in [-0.15, -0.1) is 0 Å². The van der Waals surface area contributed by atoms with E-state index < -0.39 is 30.3 Å². The van der Waals surface area contributed by atoms with Gasteiger partial charge in [-0.1, -0.05) is 29.8 Å². The van der Waals surface area contributed by atoms with E-state index in [1.54, 1.807) is 19.1 Å². The summed E-state index contributed by atoms with van der Waals surface area (Å²) >= 11 is 0. The number of hydrogen-bond donors (Lipinski definition) is 0. The Kier molecular flexibility index (Phi) is 4.21. The molecule has 0 atom stereocenters. The summed E-state index contributed by atoms with van der Waals surface area (Å²) in [6.45, 7) is 1.75. The zero-order valence-electron chi connectivity index (χ0n) is 9.42. The molecule has 0 N–H and O–H groups in total. The fraction of sp³-hybridized carbons (Fsp3) is 0.333. The van der Waals surface area contributed by atoms with Gasteiger partial charge in [-0.05, 0) is 6.92 Å². The molecule has 0 aliphatic heterocycles. The van der Waals surface area contributed by atoms with Crippen LogP contribution >= 0.6 is 0 Å². The Morgan fingerprint density at radius 1 is 1.17 bits per heavy atom. The summed E-state index contributed by atoms with van der Waals surface area (Å²) in [7, 11) is 0. The number of alkyl halides is 4. The monoisotopic (exact) mass is 262 g/mol. The van der Waals surface area contributed by atoms with Crippen molar-refractivity contribution in [2.45, 2.75) is 25.7 Å². The fourth-order valence-corrected chi connectivity index (χ4v) is 1.23. The van der Waals surface area contributed by atoms with Crippen LogP contribution in [0.25, 0.3) is 0 Å². The molecule has 98 valence electrons. The third kappa shape index (κ3) is 3.15. The molecule has 1 aromatic rings. The Bertz CT molecular complexity index is 452. The average Bonchev–Trinajstić information content (AvgIpc) is 2.29. The number of Topliss-reactive ketones (excluding diaryl/α,β-unsaturated/α-hetero) is 2. The van der Waals surface area contributed by atoms with Gasteiger partial charge in [0.05, 0.1) is 6.42 Å². The number of ketones is 2. The van der Waals surface area contributed by atoms with Crippen LogP contribution in [0, 0.1) is 6.92 Å². The van der Waals surface area contributed by atoms with Crippen molar-refractivity contribution < 1.29 is 27.2 Å². The highest BCUT2D eigenvalue weighted by atomic mass is 19.3. The zero-order valence-corrected chi connectivity index (χ0v) is 9.42. The highest BCUT2D eigenvalue weighted by molar-refractivity contribution is 6.09. The molecular weight excluding hydrogens is 252 g/mol. The van der Waals surface area contributed by atoms with Crippen LogP contribution in [0.1, 0.15) is 22.3 Å². The molecule has 18 heavy (non-hydrogen) atoms. The summed E-state index contributed by atoms with van der Waals surface area (Å²) in [4.78, 5) is 22.3. The van der Waals surface area contributed by atoms with Gasteiger partial charge >= 0.3 is 12.3 Å². The highest BCUT2D eigenvalue weighted by Gasteiger charge is 2.48. The molecule has 0 fully saturated rings. The van der Waals surface area contributed by atoms with Gasteiger partial charge in [0, 0.05) is 5.56 Å². The van der Waals surface area contributed by atoms with E-state index in [4.69, 9.17) is 0 Å². The minimum atomic E-state index is -4.78. The van der Waals surface area contributed by atoms with Crippen molar-refractivity contribution in [3.8, 4) is 0 Å². The third-order valence-corrected chi connectivity index (χ3v) is 2.34. The summed E-state index contributed by atoms with van der Waals surface area (Å²) in [6, 6.07) is 5.82. The maximum atomic E-state index is 12.6. The lowest BCUT2D eigenvalue weighted by atomic mass is 10.0. The number of carbonyl (C=O) groups excluding carboxylic acids is 2. The Morgan fingerprint density at radius 3 is 2.11 bits per heavy atom. The van der Waals surface area contributed by atoms with Gasteiger partial charge in [-0.25, -0.2) is 8.78 Å². The van der Waals surface area contributed by atoms with Crippen molar-refractivity contribution in [1.82, 2.24) is 0 Å². The van der Waals surface area contributed by atoms with E-state index in [1.807, 2.05) is 0 Å². The second kappa shape index (κ2) is 5.29. The van der Waals surface area contributed by atoms with E-state index in [-0.39, 0.29) is 5.56 Å². The third-order valence-electron chi connectivity index (χ3n) is 2.34. The summed E-state index contributed by atoms with van der Waals surface area (Å²) in [5.41, 5.74) is 0.884. The number of aryl methyl sites for hydroxylation is 1. The second-order valence-electron chi connectivity index (χ2n) is 3.81. The molecule has 0 bridgehead atoms. The molecule has 1 rings (SSSR count). The highest BCUT2D eigenvalue weighted by Crippen LogP contribution is 2.25. The lowest BCUT2D eigenvalue weighted by molar-refractivity contribution is -0.166. The first-order chi connectivity index (χ1) is 8.25. The number of halogens is 4. The van der Waals surface area contributed by atoms with Crippen LogP contribution < -0.4 is 0 Å². The van der Waals surface area contributed by atoms with E-state index in [9.17, 15) is 27.2 Å². The molecule has 0 aliphatic carbocycles. The topological polar surface area (TPSA) is 34.1 Å². The molecule has 0 radical (unpaired) electrons. The first kappa shape index (κ1) is 14.3. The van der Waals surface area contributed by atoms with Crippen molar-refractivity contribution in [1.29, 1.82) is 0 Å². The molecule has 0 saturated heterocycles. The standard InChI is InChI=1S/C12H10F4O2/c1-7-2-4-8(5-3-7)9(17)6-10(18)12(15,16)11(13)14/h2-5,11H,6H2,1H3. The largest absolute Gasteiger partial charge is 0.364 e. The van der Waals surface area contributed by atoms with Crippen LogP contribution in [0.15, 0.2) is 24.3 Å². The molecule has 0 aliphatic rings. The van der Waals surface area contributed by atoms with Crippen molar-refractivity contribution in [2.24, 2.45) is 0 Å². The second-order valence-corrected chi connectivity index (χ2v) is 3.81. The van der Waals surface area contributed by atoms with Crippen molar-refractivity contribution in [3.05, 3.63) is 35.4 Å². The molecule has 0 heterocycles. The van der Waals surface area contributed by atoms with Gasteiger partial charge in [-0.3, -0.25) is 9.59 Å². The molecule has 0 amide bonds. The van der Waals surface area contributed by atoms with Crippen molar-refractivity contribution >= 4 is 11.6 Å². The van der Waals surface area contributed by atoms with Crippen LogP contribution in [-0.2, 0) is 4.79 Å². The average molecular weight is 262 g/mol. The van der Waals surface area contributed by atoms with Gasteiger partial charge < -0.3 is 0 Å². The Morgan fingerprint density at radius 2 is 1.67 bits per heavy atom. The Balaban J connectivity index is 2.77. The van der Waals surface area contributed by atoms with Crippen LogP contribution in [0.4, 0.5) is 17.6 Å². The molecule has 0 saturated carbocycles. The number of rotatable bonds is 5. The molecular formula is C12H10F4O2. The van der Waals surface area contributed by atoms with Gasteiger partial charge in [0.1, 0.15) is 0 Å². The molecule has 0 spiro atoms. The predicted octanol–water partition coefficient (Wildman–Crippen LogP) is 3.04. The van der Waals surface area contributed by atoms with Crippen molar-refractivity contribution in [3.63, 3.8) is 0 Å².